The number of benzene rings is 1. The van der Waals surface area contributed by atoms with E-state index in [1.54, 1.807) is 24.0 Å². The molecule has 166 valence electrons. The van der Waals surface area contributed by atoms with Crippen LogP contribution in [0.1, 0.15) is 54.2 Å². The monoisotopic (exact) mass is 433 g/mol. The van der Waals surface area contributed by atoms with Crippen LogP contribution in [-0.4, -0.2) is 30.7 Å². The molecule has 0 N–H and O–H groups in total. The number of hydrogen-bond donors (Lipinski definition) is 0. The van der Waals surface area contributed by atoms with Crippen molar-refractivity contribution in [2.75, 3.05) is 23.6 Å². The molecular formula is C23H26F3N3O2. The van der Waals surface area contributed by atoms with Crippen molar-refractivity contribution in [1.29, 1.82) is 0 Å². The molecule has 2 aliphatic rings. The predicted octanol–water partition coefficient (Wildman–Crippen LogP) is 5.42. The number of pyridine rings is 1. The lowest BCUT2D eigenvalue weighted by Crippen LogP contribution is -2.53. The number of nitrogens with zero attached hydrogens (tertiary/aromatic N) is 3. The van der Waals surface area contributed by atoms with Gasteiger partial charge >= 0.3 is 6.18 Å². The van der Waals surface area contributed by atoms with Gasteiger partial charge in [-0.05, 0) is 49.9 Å². The number of alkyl halides is 3. The second-order valence-electron chi connectivity index (χ2n) is 8.36. The zero-order valence-electron chi connectivity index (χ0n) is 17.9. The fourth-order valence-electron chi connectivity index (χ4n) is 4.72. The van der Waals surface area contributed by atoms with Crippen LogP contribution in [0.5, 0.6) is 5.88 Å². The van der Waals surface area contributed by atoms with Crippen LogP contribution in [-0.2, 0) is 6.18 Å². The molecule has 0 bridgehead atoms. The van der Waals surface area contributed by atoms with Crippen LogP contribution < -0.4 is 14.5 Å². The summed E-state index contributed by atoms with van der Waals surface area (Å²) >= 11 is 0. The maximum atomic E-state index is 13.4. The highest BCUT2D eigenvalue weighted by atomic mass is 19.4. The maximum Gasteiger partial charge on any atom is 0.416 e. The number of anilines is 2. The van der Waals surface area contributed by atoms with E-state index in [2.05, 4.69) is 11.9 Å². The van der Waals surface area contributed by atoms with Gasteiger partial charge in [0.2, 0.25) is 5.88 Å². The van der Waals surface area contributed by atoms with Gasteiger partial charge in [-0.25, -0.2) is 4.98 Å². The largest absolute Gasteiger partial charge is 0.481 e. The molecule has 1 fully saturated rings. The highest BCUT2D eigenvalue weighted by Crippen LogP contribution is 2.41. The van der Waals surface area contributed by atoms with Crippen LogP contribution in [0.2, 0.25) is 0 Å². The lowest BCUT2D eigenvalue weighted by Gasteiger charge is -2.46. The van der Waals surface area contributed by atoms with Crippen molar-refractivity contribution >= 4 is 17.3 Å². The molecule has 5 nitrogen and oxygen atoms in total. The molecule has 4 rings (SSSR count). The van der Waals surface area contributed by atoms with Crippen molar-refractivity contribution in [2.24, 2.45) is 5.92 Å². The second-order valence-corrected chi connectivity index (χ2v) is 8.36. The molecule has 2 atom stereocenters. The molecule has 1 aliphatic heterocycles. The Kier molecular flexibility index (Phi) is 5.58. The Morgan fingerprint density at radius 1 is 1.10 bits per heavy atom. The summed E-state index contributed by atoms with van der Waals surface area (Å²) < 4.78 is 45.5. The number of hydrogen-bond acceptors (Lipinski definition) is 4. The van der Waals surface area contributed by atoms with Gasteiger partial charge < -0.3 is 9.64 Å². The van der Waals surface area contributed by atoms with E-state index < -0.39 is 11.7 Å². The van der Waals surface area contributed by atoms with Gasteiger partial charge in [0.15, 0.2) is 0 Å². The third-order valence-electron chi connectivity index (χ3n) is 6.40. The molecule has 31 heavy (non-hydrogen) atoms. The van der Waals surface area contributed by atoms with Gasteiger partial charge in [-0.2, -0.15) is 13.2 Å². The van der Waals surface area contributed by atoms with Gasteiger partial charge in [0.05, 0.1) is 42.0 Å². The Morgan fingerprint density at radius 3 is 2.48 bits per heavy atom. The minimum atomic E-state index is -4.46. The van der Waals surface area contributed by atoms with Crippen molar-refractivity contribution in [3.05, 3.63) is 47.2 Å². The second kappa shape index (κ2) is 8.05. The standard InChI is InChI=1S/C23H26F3N3O2/c1-14-6-4-5-7-18(14)28-13-29(19-10-11-21(31-3)27-15(19)2)22(30)17-9-8-16(12-20(17)28)23(24,25)26/h8-12,14,18H,4-7,13H2,1-3H3/t14-,18+/m1/s1. The first-order chi connectivity index (χ1) is 14.7. The van der Waals surface area contributed by atoms with Gasteiger partial charge in [-0.1, -0.05) is 19.8 Å². The molecular weight excluding hydrogens is 407 g/mol. The van der Waals surface area contributed by atoms with E-state index in [9.17, 15) is 18.0 Å². The molecule has 0 saturated heterocycles. The first kappa shape index (κ1) is 21.5. The lowest BCUT2D eigenvalue weighted by molar-refractivity contribution is -0.137. The molecule has 1 aromatic heterocycles. The van der Waals surface area contributed by atoms with Crippen LogP contribution in [0.25, 0.3) is 0 Å². The SMILES string of the molecule is COc1ccc(N2CN([C@H]3CCCC[C@H]3C)c3cc(C(F)(F)F)ccc3C2=O)c(C)n1. The predicted molar refractivity (Wildman–Crippen MR) is 113 cm³/mol. The van der Waals surface area contributed by atoms with Crippen molar-refractivity contribution in [1.82, 2.24) is 4.98 Å². The minimum Gasteiger partial charge on any atom is -0.481 e. The molecule has 0 radical (unpaired) electrons. The quantitative estimate of drug-likeness (QED) is 0.648. The molecule has 1 amide bonds. The molecule has 1 aliphatic carbocycles. The van der Waals surface area contributed by atoms with Crippen LogP contribution in [0.4, 0.5) is 24.5 Å². The number of aromatic nitrogens is 1. The lowest BCUT2D eigenvalue weighted by atomic mass is 9.84. The third-order valence-corrected chi connectivity index (χ3v) is 6.40. The number of rotatable bonds is 3. The van der Waals surface area contributed by atoms with Gasteiger partial charge in [-0.15, -0.1) is 0 Å². The van der Waals surface area contributed by atoms with Gasteiger partial charge in [0.1, 0.15) is 0 Å². The molecule has 2 aromatic rings. The summed E-state index contributed by atoms with van der Waals surface area (Å²) in [6.07, 6.45) is -0.414. The number of fused-ring (bicyclic) bond motifs is 1. The van der Waals surface area contributed by atoms with Gasteiger partial charge in [0, 0.05) is 12.1 Å². The first-order valence-electron chi connectivity index (χ1n) is 10.5. The van der Waals surface area contributed by atoms with Crippen LogP contribution >= 0.6 is 0 Å². The van der Waals surface area contributed by atoms with E-state index in [0.29, 0.717) is 28.9 Å². The number of aryl methyl sites for hydroxylation is 1. The van der Waals surface area contributed by atoms with E-state index in [4.69, 9.17) is 4.74 Å². The summed E-state index contributed by atoms with van der Waals surface area (Å²) in [4.78, 5) is 21.3. The van der Waals surface area contributed by atoms with E-state index >= 15 is 0 Å². The molecule has 8 heteroatoms. The van der Waals surface area contributed by atoms with Crippen molar-refractivity contribution < 1.29 is 22.7 Å². The topological polar surface area (TPSA) is 45.7 Å². The Hall–Kier alpha value is -2.77. The maximum absolute atomic E-state index is 13.4. The zero-order chi connectivity index (χ0) is 22.3. The third kappa shape index (κ3) is 3.95. The fourth-order valence-corrected chi connectivity index (χ4v) is 4.72. The number of carbonyl (C=O) groups excluding carboxylic acids is 1. The van der Waals surface area contributed by atoms with Crippen molar-refractivity contribution in [2.45, 2.75) is 51.7 Å². The van der Waals surface area contributed by atoms with E-state index in [1.165, 1.54) is 13.2 Å². The first-order valence-corrected chi connectivity index (χ1v) is 10.5. The highest BCUT2D eigenvalue weighted by molar-refractivity contribution is 6.12. The molecule has 1 aromatic carbocycles. The minimum absolute atomic E-state index is 0.0677. The number of halogens is 3. The zero-order valence-corrected chi connectivity index (χ0v) is 17.9. The number of carbonyl (C=O) groups is 1. The number of amides is 1. The highest BCUT2D eigenvalue weighted by Gasteiger charge is 2.39. The summed E-state index contributed by atoms with van der Waals surface area (Å²) in [5.41, 5.74) is 1.17. The Balaban J connectivity index is 1.81. The normalized spacial score (nSPS) is 21.8. The van der Waals surface area contributed by atoms with Crippen LogP contribution in [0, 0.1) is 12.8 Å². The molecule has 2 heterocycles. The summed E-state index contributed by atoms with van der Waals surface area (Å²) in [5.74, 6) is 0.443. The van der Waals surface area contributed by atoms with Crippen LogP contribution in [0.3, 0.4) is 0 Å². The number of methoxy groups -OCH3 is 1. The smallest absolute Gasteiger partial charge is 0.416 e. The Bertz CT molecular complexity index is 993. The molecule has 0 spiro atoms. The molecule has 0 unspecified atom stereocenters. The Morgan fingerprint density at radius 2 is 1.84 bits per heavy atom. The van der Waals surface area contributed by atoms with Crippen molar-refractivity contribution in [3.63, 3.8) is 0 Å². The van der Waals surface area contributed by atoms with E-state index in [1.807, 2.05) is 4.90 Å². The number of ether oxygens (including phenoxy) is 1. The Labute approximate surface area is 179 Å². The summed E-state index contributed by atoms with van der Waals surface area (Å²) in [5, 5.41) is 0. The van der Waals surface area contributed by atoms with E-state index in [0.717, 1.165) is 37.8 Å². The average molecular weight is 433 g/mol. The summed E-state index contributed by atoms with van der Waals surface area (Å²) in [7, 11) is 1.52. The van der Waals surface area contributed by atoms with Crippen LogP contribution in [0.15, 0.2) is 30.3 Å². The fraction of sp³-hybridized carbons (Fsp3) is 0.478. The summed E-state index contributed by atoms with van der Waals surface area (Å²) in [6.45, 7) is 4.12. The van der Waals surface area contributed by atoms with Crippen molar-refractivity contribution in [3.8, 4) is 5.88 Å². The van der Waals surface area contributed by atoms with E-state index in [-0.39, 0.29) is 24.2 Å². The molecule has 1 saturated carbocycles. The summed E-state index contributed by atoms with van der Waals surface area (Å²) in [6, 6.07) is 6.95. The van der Waals surface area contributed by atoms with Gasteiger partial charge in [-0.3, -0.25) is 9.69 Å². The average Bonchev–Trinajstić information content (AvgIpc) is 2.74. The van der Waals surface area contributed by atoms with Gasteiger partial charge in [0.25, 0.3) is 5.91 Å².